The van der Waals surface area contributed by atoms with Crippen molar-refractivity contribution >= 4 is 46.2 Å². The van der Waals surface area contributed by atoms with Crippen LogP contribution in [-0.2, 0) is 6.54 Å². The number of nitrogens with one attached hydrogen (secondary N) is 2. The van der Waals surface area contributed by atoms with Crippen molar-refractivity contribution in [3.05, 3.63) is 58.3 Å². The van der Waals surface area contributed by atoms with Gasteiger partial charge in [0.2, 0.25) is 0 Å². The number of benzene rings is 1. The summed E-state index contributed by atoms with van der Waals surface area (Å²) in [7, 11) is 0. The maximum absolute atomic E-state index is 6.06. The van der Waals surface area contributed by atoms with Crippen LogP contribution in [0.5, 0.6) is 0 Å². The monoisotopic (exact) mass is 311 g/mol. The highest BCUT2D eigenvalue weighted by Crippen LogP contribution is 2.17. The van der Waals surface area contributed by atoms with E-state index in [2.05, 4.69) is 15.6 Å². The molecule has 1 heterocycles. The molecule has 1 aromatic heterocycles. The Labute approximate surface area is 127 Å². The molecule has 0 fully saturated rings. The van der Waals surface area contributed by atoms with E-state index in [0.29, 0.717) is 27.5 Å². The summed E-state index contributed by atoms with van der Waals surface area (Å²) in [5, 5.41) is 7.60. The second kappa shape index (κ2) is 6.70. The van der Waals surface area contributed by atoms with Crippen LogP contribution in [-0.4, -0.2) is 10.1 Å². The molecule has 2 aromatic rings. The molecule has 0 aliphatic carbocycles. The van der Waals surface area contributed by atoms with Crippen LogP contribution < -0.4 is 10.6 Å². The summed E-state index contributed by atoms with van der Waals surface area (Å²) in [6, 6.07) is 11.2. The molecule has 0 spiro atoms. The second-order valence-corrected chi connectivity index (χ2v) is 4.91. The lowest BCUT2D eigenvalue weighted by Gasteiger charge is -2.11. The first-order valence-corrected chi connectivity index (χ1v) is 6.72. The molecular formula is C13H11Cl2N3S. The molecule has 0 radical (unpaired) electrons. The summed E-state index contributed by atoms with van der Waals surface area (Å²) < 4.78 is 0. The van der Waals surface area contributed by atoms with Crippen molar-refractivity contribution in [1.29, 1.82) is 0 Å². The molecule has 0 unspecified atom stereocenters. The normalized spacial score (nSPS) is 10.0. The third-order valence-corrected chi connectivity index (χ3v) is 3.32. The fourth-order valence-corrected chi connectivity index (χ4v) is 2.01. The summed E-state index contributed by atoms with van der Waals surface area (Å²) >= 11 is 17.2. The Kier molecular flexibility index (Phi) is 4.96. The molecule has 2 N–H and O–H groups in total. The van der Waals surface area contributed by atoms with E-state index < -0.39 is 0 Å². The van der Waals surface area contributed by atoms with Gasteiger partial charge in [0.15, 0.2) is 10.3 Å². The minimum Gasteiger partial charge on any atom is -0.358 e. The van der Waals surface area contributed by atoms with Crippen molar-refractivity contribution in [2.75, 3.05) is 5.32 Å². The highest BCUT2D eigenvalue weighted by Gasteiger charge is 2.03. The van der Waals surface area contributed by atoms with E-state index in [0.717, 1.165) is 5.56 Å². The first kappa shape index (κ1) is 14.1. The summed E-state index contributed by atoms with van der Waals surface area (Å²) in [5.41, 5.74) is 1.64. The van der Waals surface area contributed by atoms with Gasteiger partial charge in [-0.05, 0) is 36.0 Å². The molecule has 0 atom stereocenters. The second-order valence-electron chi connectivity index (χ2n) is 3.74. The minimum absolute atomic E-state index is 0.379. The van der Waals surface area contributed by atoms with Crippen LogP contribution in [0.15, 0.2) is 42.6 Å². The zero-order valence-corrected chi connectivity index (χ0v) is 12.2. The van der Waals surface area contributed by atoms with E-state index in [9.17, 15) is 0 Å². The van der Waals surface area contributed by atoms with Gasteiger partial charge in [-0.1, -0.05) is 41.4 Å². The lowest BCUT2D eigenvalue weighted by atomic mass is 10.2. The van der Waals surface area contributed by atoms with Gasteiger partial charge in [-0.2, -0.15) is 0 Å². The van der Waals surface area contributed by atoms with Crippen LogP contribution in [0.1, 0.15) is 5.56 Å². The SMILES string of the molecule is S=C(NCc1ccccc1Cl)Nc1cccnc1Cl. The van der Waals surface area contributed by atoms with Crippen molar-refractivity contribution in [2.45, 2.75) is 6.54 Å². The van der Waals surface area contributed by atoms with Crippen LogP contribution in [0.3, 0.4) is 0 Å². The highest BCUT2D eigenvalue weighted by atomic mass is 35.5. The van der Waals surface area contributed by atoms with E-state index in [1.54, 1.807) is 18.3 Å². The standard InChI is InChI=1S/C13H11Cl2N3S/c14-10-5-2-1-4-9(10)8-17-13(19)18-11-6-3-7-16-12(11)15/h1-7H,8H2,(H2,17,18,19). The maximum Gasteiger partial charge on any atom is 0.171 e. The lowest BCUT2D eigenvalue weighted by molar-refractivity contribution is 0.926. The van der Waals surface area contributed by atoms with E-state index >= 15 is 0 Å². The Bertz CT molecular complexity index is 590. The van der Waals surface area contributed by atoms with Gasteiger partial charge in [0.25, 0.3) is 0 Å². The molecule has 98 valence electrons. The van der Waals surface area contributed by atoms with E-state index in [-0.39, 0.29) is 0 Å². The Morgan fingerprint density at radius 3 is 2.68 bits per heavy atom. The van der Waals surface area contributed by atoms with E-state index in [4.69, 9.17) is 35.4 Å². The molecule has 0 saturated heterocycles. The largest absolute Gasteiger partial charge is 0.358 e. The van der Waals surface area contributed by atoms with Crippen LogP contribution >= 0.6 is 35.4 Å². The van der Waals surface area contributed by atoms with Gasteiger partial charge < -0.3 is 10.6 Å². The number of rotatable bonds is 3. The fraction of sp³-hybridized carbons (Fsp3) is 0.0769. The summed E-state index contributed by atoms with van der Waals surface area (Å²) in [6.07, 6.45) is 1.62. The molecule has 6 heteroatoms. The number of nitrogens with zero attached hydrogens (tertiary/aromatic N) is 1. The number of thiocarbonyl (C=S) groups is 1. The third-order valence-electron chi connectivity index (χ3n) is 2.40. The van der Waals surface area contributed by atoms with Crippen molar-refractivity contribution in [1.82, 2.24) is 10.3 Å². The molecule has 2 rings (SSSR count). The van der Waals surface area contributed by atoms with Gasteiger partial charge >= 0.3 is 0 Å². The third kappa shape index (κ3) is 4.06. The number of pyridine rings is 1. The number of hydrogen-bond acceptors (Lipinski definition) is 2. The minimum atomic E-state index is 0.379. The van der Waals surface area contributed by atoms with Crippen LogP contribution in [0.25, 0.3) is 0 Å². The van der Waals surface area contributed by atoms with Crippen LogP contribution in [0, 0.1) is 0 Å². The van der Waals surface area contributed by atoms with Gasteiger partial charge in [0.05, 0.1) is 5.69 Å². The number of anilines is 1. The number of hydrogen-bond donors (Lipinski definition) is 2. The van der Waals surface area contributed by atoms with Gasteiger partial charge in [-0.3, -0.25) is 0 Å². The molecule has 0 amide bonds. The maximum atomic E-state index is 6.06. The quantitative estimate of drug-likeness (QED) is 0.666. The smallest absolute Gasteiger partial charge is 0.171 e. The molecule has 0 saturated carbocycles. The average Bonchev–Trinajstić information content (AvgIpc) is 2.40. The predicted octanol–water partition coefficient (Wildman–Crippen LogP) is 3.88. The molecule has 1 aromatic carbocycles. The first-order chi connectivity index (χ1) is 9.16. The number of aromatic nitrogens is 1. The van der Waals surface area contributed by atoms with Crippen molar-refractivity contribution in [3.63, 3.8) is 0 Å². The zero-order chi connectivity index (χ0) is 13.7. The average molecular weight is 312 g/mol. The molecular weight excluding hydrogens is 301 g/mol. The predicted molar refractivity (Wildman–Crippen MR) is 83.8 cm³/mol. The van der Waals surface area contributed by atoms with E-state index in [1.165, 1.54) is 0 Å². The Balaban J connectivity index is 1.92. The van der Waals surface area contributed by atoms with Gasteiger partial charge in [0.1, 0.15) is 0 Å². The molecule has 3 nitrogen and oxygen atoms in total. The Morgan fingerprint density at radius 2 is 1.95 bits per heavy atom. The Hall–Kier alpha value is -1.36. The first-order valence-electron chi connectivity index (χ1n) is 5.55. The zero-order valence-electron chi connectivity index (χ0n) is 9.86. The highest BCUT2D eigenvalue weighted by molar-refractivity contribution is 7.80. The molecule has 19 heavy (non-hydrogen) atoms. The van der Waals surface area contributed by atoms with Crippen molar-refractivity contribution < 1.29 is 0 Å². The van der Waals surface area contributed by atoms with Crippen LogP contribution in [0.4, 0.5) is 5.69 Å². The van der Waals surface area contributed by atoms with Crippen LogP contribution in [0.2, 0.25) is 10.2 Å². The molecule has 0 aliphatic heterocycles. The number of halogens is 2. The lowest BCUT2D eigenvalue weighted by Crippen LogP contribution is -2.28. The topological polar surface area (TPSA) is 37.0 Å². The molecule has 0 aliphatic rings. The van der Waals surface area contributed by atoms with Gasteiger partial charge in [-0.15, -0.1) is 0 Å². The Morgan fingerprint density at radius 1 is 1.16 bits per heavy atom. The van der Waals surface area contributed by atoms with E-state index in [1.807, 2.05) is 24.3 Å². The van der Waals surface area contributed by atoms with Gasteiger partial charge in [0, 0.05) is 17.8 Å². The summed E-state index contributed by atoms with van der Waals surface area (Å²) in [6.45, 7) is 0.545. The summed E-state index contributed by atoms with van der Waals surface area (Å²) in [4.78, 5) is 3.96. The fourth-order valence-electron chi connectivity index (χ4n) is 1.46. The molecule has 0 bridgehead atoms. The van der Waals surface area contributed by atoms with Gasteiger partial charge in [-0.25, -0.2) is 4.98 Å². The van der Waals surface area contributed by atoms with Crippen molar-refractivity contribution in [2.24, 2.45) is 0 Å². The van der Waals surface area contributed by atoms with Crippen molar-refractivity contribution in [3.8, 4) is 0 Å². The summed E-state index contributed by atoms with van der Waals surface area (Å²) in [5.74, 6) is 0.